The molecule has 1 atom stereocenters. The fraction of sp³-hybridized carbons (Fsp3) is 0.235. The van der Waals surface area contributed by atoms with Crippen LogP contribution < -0.4 is 11.1 Å². The highest BCUT2D eigenvalue weighted by Gasteiger charge is 2.13. The minimum absolute atomic E-state index is 0. The number of rotatable bonds is 6. The van der Waals surface area contributed by atoms with E-state index >= 15 is 0 Å². The fourth-order valence-corrected chi connectivity index (χ4v) is 2.17. The molecule has 3 nitrogen and oxygen atoms in total. The average molecular weight is 359 g/mol. The number of nitrogens with one attached hydrogen (secondary N) is 1. The van der Waals surface area contributed by atoms with E-state index < -0.39 is 23.5 Å². The Kier molecular flexibility index (Phi) is 7.74. The first-order valence-corrected chi connectivity index (χ1v) is 7.19. The van der Waals surface area contributed by atoms with Gasteiger partial charge < -0.3 is 11.1 Å². The third-order valence-electron chi connectivity index (χ3n) is 3.41. The van der Waals surface area contributed by atoms with Crippen molar-refractivity contribution in [2.24, 2.45) is 5.73 Å². The zero-order valence-electron chi connectivity index (χ0n) is 12.8. The lowest BCUT2D eigenvalue weighted by molar-refractivity contribution is 0.0952. The van der Waals surface area contributed by atoms with Crippen LogP contribution in [0.5, 0.6) is 0 Å². The third-order valence-corrected chi connectivity index (χ3v) is 3.41. The van der Waals surface area contributed by atoms with Crippen molar-refractivity contribution in [3.63, 3.8) is 0 Å². The second-order valence-corrected chi connectivity index (χ2v) is 5.23. The molecule has 0 aliphatic carbocycles. The predicted molar refractivity (Wildman–Crippen MR) is 88.6 cm³/mol. The Morgan fingerprint density at radius 1 is 1.04 bits per heavy atom. The number of hydrogen-bond acceptors (Lipinski definition) is 2. The molecule has 0 fully saturated rings. The summed E-state index contributed by atoms with van der Waals surface area (Å²) in [5, 5.41) is 2.70. The van der Waals surface area contributed by atoms with Crippen molar-refractivity contribution in [1.82, 2.24) is 5.32 Å². The van der Waals surface area contributed by atoms with Crippen molar-refractivity contribution in [2.45, 2.75) is 18.9 Å². The van der Waals surface area contributed by atoms with Crippen LogP contribution in [0, 0.1) is 17.5 Å². The molecule has 0 spiro atoms. The van der Waals surface area contributed by atoms with Gasteiger partial charge in [-0.05, 0) is 36.6 Å². The first-order chi connectivity index (χ1) is 11.0. The standard InChI is InChI=1S/C17H17F3N2O.ClH/c18-14-10-16(20)15(19)9-12(14)8-13(21)6-7-22-17(23)11-4-2-1-3-5-11;/h1-5,9-10,13H,6-8,21H2,(H,22,23);1H/t13-;/m0./s1. The normalized spacial score (nSPS) is 11.5. The highest BCUT2D eigenvalue weighted by Crippen LogP contribution is 2.15. The summed E-state index contributed by atoms with van der Waals surface area (Å²) in [5.41, 5.74) is 6.41. The minimum atomic E-state index is -1.23. The molecule has 2 aromatic carbocycles. The van der Waals surface area contributed by atoms with Crippen molar-refractivity contribution in [2.75, 3.05) is 6.54 Å². The van der Waals surface area contributed by atoms with E-state index in [4.69, 9.17) is 5.73 Å². The van der Waals surface area contributed by atoms with Gasteiger partial charge in [0.2, 0.25) is 0 Å². The van der Waals surface area contributed by atoms with Crippen molar-refractivity contribution in [1.29, 1.82) is 0 Å². The van der Waals surface area contributed by atoms with E-state index in [0.717, 1.165) is 6.07 Å². The molecule has 0 aromatic heterocycles. The van der Waals surface area contributed by atoms with Gasteiger partial charge in [-0.25, -0.2) is 13.2 Å². The van der Waals surface area contributed by atoms with Crippen molar-refractivity contribution in [3.8, 4) is 0 Å². The second-order valence-electron chi connectivity index (χ2n) is 5.23. The monoisotopic (exact) mass is 358 g/mol. The first kappa shape index (κ1) is 20.0. The van der Waals surface area contributed by atoms with Gasteiger partial charge in [-0.1, -0.05) is 18.2 Å². The molecule has 7 heteroatoms. The Morgan fingerprint density at radius 3 is 2.33 bits per heavy atom. The van der Waals surface area contributed by atoms with Gasteiger partial charge >= 0.3 is 0 Å². The van der Waals surface area contributed by atoms with E-state index in [1.165, 1.54) is 0 Å². The van der Waals surface area contributed by atoms with Crippen LogP contribution in [-0.4, -0.2) is 18.5 Å². The van der Waals surface area contributed by atoms with Gasteiger partial charge in [0.05, 0.1) is 0 Å². The molecule has 0 heterocycles. The lowest BCUT2D eigenvalue weighted by atomic mass is 10.0. The molecule has 0 aliphatic rings. The number of hydrogen-bond donors (Lipinski definition) is 2. The van der Waals surface area contributed by atoms with Crippen LogP contribution in [0.1, 0.15) is 22.3 Å². The highest BCUT2D eigenvalue weighted by molar-refractivity contribution is 5.94. The van der Waals surface area contributed by atoms with E-state index in [1.807, 2.05) is 6.07 Å². The molecule has 0 saturated carbocycles. The lowest BCUT2D eigenvalue weighted by Gasteiger charge is -2.13. The molecule has 2 rings (SSSR count). The van der Waals surface area contributed by atoms with E-state index in [1.54, 1.807) is 24.3 Å². The van der Waals surface area contributed by atoms with Gasteiger partial charge in [0.1, 0.15) is 5.82 Å². The number of carbonyl (C=O) groups excluding carboxylic acids is 1. The number of carbonyl (C=O) groups is 1. The second kappa shape index (κ2) is 9.30. The van der Waals surface area contributed by atoms with Crippen molar-refractivity contribution < 1.29 is 18.0 Å². The van der Waals surface area contributed by atoms with Gasteiger partial charge in [-0.15, -0.1) is 12.4 Å². The smallest absolute Gasteiger partial charge is 0.251 e. The Hall–Kier alpha value is -2.05. The third kappa shape index (κ3) is 5.54. The molecule has 130 valence electrons. The van der Waals surface area contributed by atoms with Crippen LogP contribution in [-0.2, 0) is 6.42 Å². The fourth-order valence-electron chi connectivity index (χ4n) is 2.17. The maximum atomic E-state index is 13.5. The molecule has 3 N–H and O–H groups in total. The summed E-state index contributed by atoms with van der Waals surface area (Å²) >= 11 is 0. The maximum Gasteiger partial charge on any atom is 0.251 e. The largest absolute Gasteiger partial charge is 0.352 e. The van der Waals surface area contributed by atoms with Crippen LogP contribution in [0.25, 0.3) is 0 Å². The van der Waals surface area contributed by atoms with E-state index in [9.17, 15) is 18.0 Å². The van der Waals surface area contributed by atoms with Crippen LogP contribution in [0.3, 0.4) is 0 Å². The molecule has 0 bridgehead atoms. The molecule has 0 saturated heterocycles. The number of nitrogens with two attached hydrogens (primary N) is 1. The highest BCUT2D eigenvalue weighted by atomic mass is 35.5. The summed E-state index contributed by atoms with van der Waals surface area (Å²) in [6.45, 7) is 0.306. The maximum absolute atomic E-state index is 13.5. The molecular formula is C17H18ClF3N2O. The van der Waals surface area contributed by atoms with E-state index in [2.05, 4.69) is 5.32 Å². The van der Waals surface area contributed by atoms with Gasteiger partial charge in [0, 0.05) is 24.2 Å². The van der Waals surface area contributed by atoms with Crippen LogP contribution in [0.2, 0.25) is 0 Å². The summed E-state index contributed by atoms with van der Waals surface area (Å²) in [6.07, 6.45) is 0.446. The summed E-state index contributed by atoms with van der Waals surface area (Å²) in [5.74, 6) is -3.38. The Morgan fingerprint density at radius 2 is 1.67 bits per heavy atom. The molecule has 0 radical (unpaired) electrons. The summed E-state index contributed by atoms with van der Waals surface area (Å²) in [4.78, 5) is 11.8. The van der Waals surface area contributed by atoms with Gasteiger partial charge in [0.15, 0.2) is 11.6 Å². The molecule has 2 aromatic rings. The van der Waals surface area contributed by atoms with Gasteiger partial charge in [0.25, 0.3) is 5.91 Å². The van der Waals surface area contributed by atoms with Crippen LogP contribution >= 0.6 is 12.4 Å². The summed E-state index contributed by atoms with van der Waals surface area (Å²) < 4.78 is 39.5. The molecule has 24 heavy (non-hydrogen) atoms. The van der Waals surface area contributed by atoms with Crippen molar-refractivity contribution >= 4 is 18.3 Å². The molecule has 0 aliphatic heterocycles. The topological polar surface area (TPSA) is 55.1 Å². The average Bonchev–Trinajstić information content (AvgIpc) is 2.53. The Bertz CT molecular complexity index is 683. The zero-order chi connectivity index (χ0) is 16.8. The Labute approximate surface area is 144 Å². The number of halogens is 4. The van der Waals surface area contributed by atoms with Gasteiger partial charge in [-0.3, -0.25) is 4.79 Å². The van der Waals surface area contributed by atoms with Crippen LogP contribution in [0.15, 0.2) is 42.5 Å². The summed E-state index contributed by atoms with van der Waals surface area (Å²) in [7, 11) is 0. The van der Waals surface area contributed by atoms with E-state index in [0.29, 0.717) is 24.6 Å². The van der Waals surface area contributed by atoms with Crippen LogP contribution in [0.4, 0.5) is 13.2 Å². The number of amides is 1. The van der Waals surface area contributed by atoms with Crippen molar-refractivity contribution in [3.05, 3.63) is 71.0 Å². The van der Waals surface area contributed by atoms with E-state index in [-0.39, 0.29) is 30.3 Å². The Balaban J connectivity index is 0.00000288. The SMILES string of the molecule is Cl.N[C@@H](CCNC(=O)c1ccccc1)Cc1cc(F)c(F)cc1F. The lowest BCUT2D eigenvalue weighted by Crippen LogP contribution is -2.31. The molecular weight excluding hydrogens is 341 g/mol. The number of benzene rings is 2. The van der Waals surface area contributed by atoms with Gasteiger partial charge in [-0.2, -0.15) is 0 Å². The predicted octanol–water partition coefficient (Wildman–Crippen LogP) is 3.22. The zero-order valence-corrected chi connectivity index (χ0v) is 13.6. The quantitative estimate of drug-likeness (QED) is 0.779. The first-order valence-electron chi connectivity index (χ1n) is 7.19. The summed E-state index contributed by atoms with van der Waals surface area (Å²) in [6, 6.07) is 9.53. The molecule has 0 unspecified atom stereocenters. The molecule has 1 amide bonds. The minimum Gasteiger partial charge on any atom is -0.352 e.